The van der Waals surface area contributed by atoms with Crippen molar-refractivity contribution in [3.05, 3.63) is 30.9 Å². The Morgan fingerprint density at radius 2 is 1.95 bits per heavy atom. The molecule has 0 fully saturated rings. The highest BCUT2D eigenvalue weighted by Gasteiger charge is 2.20. The van der Waals surface area contributed by atoms with Gasteiger partial charge in [0, 0.05) is 12.0 Å². The molecule has 0 saturated carbocycles. The molecule has 0 unspecified atom stereocenters. The van der Waals surface area contributed by atoms with Gasteiger partial charge in [-0.25, -0.2) is 13.9 Å². The number of rotatable bonds is 6. The van der Waals surface area contributed by atoms with E-state index in [1.54, 1.807) is 6.92 Å². The summed E-state index contributed by atoms with van der Waals surface area (Å²) in [6.07, 6.45) is 6.90. The molecule has 0 aromatic carbocycles. The van der Waals surface area contributed by atoms with E-state index in [4.69, 9.17) is 4.74 Å². The van der Waals surface area contributed by atoms with E-state index in [0.717, 1.165) is 19.5 Å². The predicted octanol–water partition coefficient (Wildman–Crippen LogP) is 2.60. The van der Waals surface area contributed by atoms with E-state index < -0.39 is 7.25 Å². The molecule has 0 amide bonds. The Hall–Kier alpha value is -1.80. The molecule has 0 bridgehead atoms. The van der Waals surface area contributed by atoms with Gasteiger partial charge in [-0.2, -0.15) is 0 Å². The molecule has 0 N–H and O–H groups in total. The zero-order valence-corrected chi connectivity index (χ0v) is 12.1. The van der Waals surface area contributed by atoms with Gasteiger partial charge in [0.25, 0.3) is 0 Å². The Balaban J connectivity index is 0.000000690. The summed E-state index contributed by atoms with van der Waals surface area (Å²) in [6.45, 7) is 9.54. The number of aromatic nitrogens is 2. The van der Waals surface area contributed by atoms with Crippen molar-refractivity contribution in [1.82, 2.24) is 4.57 Å². The molecule has 4 nitrogen and oxygen atoms in total. The number of esters is 1. The van der Waals surface area contributed by atoms with Gasteiger partial charge >= 0.3 is 13.2 Å². The van der Waals surface area contributed by atoms with E-state index in [2.05, 4.69) is 22.6 Å². The lowest BCUT2D eigenvalue weighted by atomic mass is 10.3. The topological polar surface area (TPSA) is 35.1 Å². The first-order valence-electron chi connectivity index (χ1n) is 6.38. The SMILES string of the molecule is C=C(C)C(=O)OCCC[n+]1ccn(CC)c1.F[B-](F)(F)F. The summed E-state index contributed by atoms with van der Waals surface area (Å²) in [7, 11) is -6.00. The number of nitrogens with zero attached hydrogens (tertiary/aromatic N) is 2. The van der Waals surface area contributed by atoms with Crippen LogP contribution in [0.3, 0.4) is 0 Å². The van der Waals surface area contributed by atoms with Crippen molar-refractivity contribution in [3.63, 3.8) is 0 Å². The number of aryl methyl sites for hydroxylation is 2. The minimum Gasteiger partial charge on any atom is -0.462 e. The maximum Gasteiger partial charge on any atom is 0.673 e. The zero-order chi connectivity index (χ0) is 16.5. The third-order valence-corrected chi connectivity index (χ3v) is 2.25. The Labute approximate surface area is 121 Å². The molecular formula is C12H19BF4N2O2. The molecule has 0 spiro atoms. The van der Waals surface area contributed by atoms with Crippen LogP contribution in [0.1, 0.15) is 20.3 Å². The van der Waals surface area contributed by atoms with Crippen molar-refractivity contribution in [3.8, 4) is 0 Å². The van der Waals surface area contributed by atoms with Crippen molar-refractivity contribution in [2.75, 3.05) is 6.61 Å². The van der Waals surface area contributed by atoms with Crippen LogP contribution in [0.4, 0.5) is 17.3 Å². The average molecular weight is 310 g/mol. The Kier molecular flexibility index (Phi) is 8.41. The smallest absolute Gasteiger partial charge is 0.462 e. The Bertz CT molecular complexity index is 454. The molecule has 0 saturated heterocycles. The first-order valence-corrected chi connectivity index (χ1v) is 6.38. The van der Waals surface area contributed by atoms with Crippen LogP contribution in [0, 0.1) is 0 Å². The lowest BCUT2D eigenvalue weighted by Gasteiger charge is -2.02. The first kappa shape index (κ1) is 19.2. The van der Waals surface area contributed by atoms with Crippen LogP contribution in [0.25, 0.3) is 0 Å². The normalized spacial score (nSPS) is 10.6. The molecule has 0 radical (unpaired) electrons. The van der Waals surface area contributed by atoms with Gasteiger partial charge in [-0.15, -0.1) is 0 Å². The number of imidazole rings is 1. The second-order valence-electron chi connectivity index (χ2n) is 4.25. The van der Waals surface area contributed by atoms with E-state index in [1.165, 1.54) is 0 Å². The maximum absolute atomic E-state index is 11.1. The minimum atomic E-state index is -6.00. The van der Waals surface area contributed by atoms with Gasteiger partial charge in [-0.05, 0) is 13.8 Å². The van der Waals surface area contributed by atoms with Crippen LogP contribution < -0.4 is 4.57 Å². The molecule has 0 aliphatic carbocycles. The summed E-state index contributed by atoms with van der Waals surface area (Å²) < 4.78 is 48.2. The van der Waals surface area contributed by atoms with Crippen molar-refractivity contribution < 1.29 is 31.4 Å². The van der Waals surface area contributed by atoms with Gasteiger partial charge in [0.05, 0.1) is 19.7 Å². The second kappa shape index (κ2) is 9.20. The Morgan fingerprint density at radius 3 is 2.38 bits per heavy atom. The van der Waals surface area contributed by atoms with Crippen molar-refractivity contribution in [2.24, 2.45) is 0 Å². The number of ether oxygens (including phenoxy) is 1. The molecular weight excluding hydrogens is 291 g/mol. The fraction of sp³-hybridized carbons (Fsp3) is 0.500. The van der Waals surface area contributed by atoms with Crippen LogP contribution in [-0.4, -0.2) is 24.4 Å². The van der Waals surface area contributed by atoms with Gasteiger partial charge in [0.15, 0.2) is 0 Å². The summed E-state index contributed by atoms with van der Waals surface area (Å²) >= 11 is 0. The summed E-state index contributed by atoms with van der Waals surface area (Å²) in [5.74, 6) is -0.309. The van der Waals surface area contributed by atoms with Crippen molar-refractivity contribution in [1.29, 1.82) is 0 Å². The van der Waals surface area contributed by atoms with E-state index in [1.807, 2.05) is 18.7 Å². The molecule has 0 aliphatic heterocycles. The van der Waals surface area contributed by atoms with E-state index in [9.17, 15) is 22.1 Å². The van der Waals surface area contributed by atoms with Gasteiger partial charge in [0.2, 0.25) is 6.33 Å². The molecule has 120 valence electrons. The van der Waals surface area contributed by atoms with Gasteiger partial charge in [-0.1, -0.05) is 6.58 Å². The van der Waals surface area contributed by atoms with E-state index in [-0.39, 0.29) is 5.97 Å². The highest BCUT2D eigenvalue weighted by Crippen LogP contribution is 2.06. The lowest BCUT2D eigenvalue weighted by molar-refractivity contribution is -0.697. The number of hydrogen-bond acceptors (Lipinski definition) is 2. The highest BCUT2D eigenvalue weighted by atomic mass is 19.5. The van der Waals surface area contributed by atoms with Crippen LogP contribution in [0.2, 0.25) is 0 Å². The van der Waals surface area contributed by atoms with Gasteiger partial charge in [-0.3, -0.25) is 0 Å². The molecule has 1 aromatic rings. The largest absolute Gasteiger partial charge is 0.673 e. The predicted molar refractivity (Wildman–Crippen MR) is 70.9 cm³/mol. The van der Waals surface area contributed by atoms with E-state index in [0.29, 0.717) is 12.2 Å². The third kappa shape index (κ3) is 11.7. The summed E-state index contributed by atoms with van der Waals surface area (Å²) in [6, 6.07) is 0. The molecule has 1 aromatic heterocycles. The summed E-state index contributed by atoms with van der Waals surface area (Å²) in [5.41, 5.74) is 0.449. The highest BCUT2D eigenvalue weighted by molar-refractivity contribution is 6.50. The molecule has 1 heterocycles. The van der Waals surface area contributed by atoms with Crippen molar-refractivity contribution in [2.45, 2.75) is 33.4 Å². The monoisotopic (exact) mass is 310 g/mol. The Morgan fingerprint density at radius 1 is 1.38 bits per heavy atom. The standard InChI is InChI=1S/C12H19N2O2.BF4/c1-4-13-7-8-14(10-13)6-5-9-16-12(15)11(2)3;2-1(3,4)5/h7-8,10H,2,4-6,9H2,1,3H3;/q+1;-1. The maximum atomic E-state index is 11.1. The zero-order valence-electron chi connectivity index (χ0n) is 12.1. The number of halogens is 4. The number of carbonyl (C=O) groups is 1. The lowest BCUT2D eigenvalue weighted by Crippen LogP contribution is -2.31. The fourth-order valence-electron chi connectivity index (χ4n) is 1.29. The molecule has 9 heteroatoms. The molecule has 0 atom stereocenters. The second-order valence-corrected chi connectivity index (χ2v) is 4.25. The van der Waals surface area contributed by atoms with Crippen LogP contribution >= 0.6 is 0 Å². The fourth-order valence-corrected chi connectivity index (χ4v) is 1.29. The van der Waals surface area contributed by atoms with Crippen LogP contribution in [0.15, 0.2) is 30.9 Å². The van der Waals surface area contributed by atoms with Gasteiger partial charge in [0.1, 0.15) is 12.4 Å². The minimum absolute atomic E-state index is 0.309. The quantitative estimate of drug-likeness (QED) is 0.202. The van der Waals surface area contributed by atoms with Crippen LogP contribution in [0.5, 0.6) is 0 Å². The van der Waals surface area contributed by atoms with Gasteiger partial charge < -0.3 is 22.0 Å². The molecule has 0 aliphatic rings. The number of carbonyl (C=O) groups excluding carboxylic acids is 1. The third-order valence-electron chi connectivity index (χ3n) is 2.25. The van der Waals surface area contributed by atoms with Crippen molar-refractivity contribution >= 4 is 13.2 Å². The van der Waals surface area contributed by atoms with E-state index >= 15 is 0 Å². The average Bonchev–Trinajstić information content (AvgIpc) is 2.80. The summed E-state index contributed by atoms with van der Waals surface area (Å²) in [5, 5.41) is 0. The van der Waals surface area contributed by atoms with Crippen LogP contribution in [-0.2, 0) is 22.6 Å². The summed E-state index contributed by atoms with van der Waals surface area (Å²) in [4.78, 5) is 11.1. The number of hydrogen-bond donors (Lipinski definition) is 0. The molecule has 1 rings (SSSR count). The first-order chi connectivity index (χ1) is 9.63. The molecule has 21 heavy (non-hydrogen) atoms.